The molecule has 5 heteroatoms. The van der Waals surface area contributed by atoms with E-state index >= 15 is 0 Å². The molecule has 1 atom stereocenters. The summed E-state index contributed by atoms with van der Waals surface area (Å²) in [6.07, 6.45) is 8.00. The smallest absolute Gasteiger partial charge is 0.273 e. The number of carbonyl (C=O) groups is 1. The molecule has 1 amide bonds. The zero-order valence-electron chi connectivity index (χ0n) is 15.0. The summed E-state index contributed by atoms with van der Waals surface area (Å²) in [5, 5.41) is 3.41. The van der Waals surface area contributed by atoms with E-state index in [1.807, 2.05) is 24.3 Å². The number of nitrogens with one attached hydrogen (secondary N) is 1. The molecule has 1 aromatic heterocycles. The van der Waals surface area contributed by atoms with Gasteiger partial charge in [-0.05, 0) is 80.8 Å². The molecule has 1 aromatic carbocycles. The van der Waals surface area contributed by atoms with Gasteiger partial charge in [-0.15, -0.1) is 0 Å². The molecule has 0 aliphatic heterocycles. The van der Waals surface area contributed by atoms with Crippen molar-refractivity contribution in [3.05, 3.63) is 35.1 Å². The second-order valence-corrected chi connectivity index (χ2v) is 9.18. The molecule has 2 aromatic rings. The van der Waals surface area contributed by atoms with Gasteiger partial charge in [0.05, 0.1) is 11.0 Å². The molecule has 1 N–H and O–H groups in total. The van der Waals surface area contributed by atoms with Gasteiger partial charge in [-0.2, -0.15) is 0 Å². The van der Waals surface area contributed by atoms with E-state index in [4.69, 9.17) is 11.6 Å². The largest absolute Gasteiger partial charge is 0.348 e. The van der Waals surface area contributed by atoms with E-state index in [1.165, 1.54) is 38.5 Å². The third-order valence-corrected chi connectivity index (χ3v) is 7.36. The number of fused-ring (bicyclic) bond motifs is 1. The summed E-state index contributed by atoms with van der Waals surface area (Å²) in [5.41, 5.74) is 1.91. The number of benzene rings is 1. The Hall–Kier alpha value is -1.68. The van der Waals surface area contributed by atoms with Gasteiger partial charge in [0, 0.05) is 6.04 Å². The van der Waals surface area contributed by atoms with Crippen LogP contribution in [0.25, 0.3) is 11.0 Å². The van der Waals surface area contributed by atoms with E-state index in [1.54, 1.807) is 0 Å². The zero-order valence-corrected chi connectivity index (χ0v) is 15.8. The third-order valence-electron chi connectivity index (χ3n) is 7.09. The Kier molecular flexibility index (Phi) is 3.75. The Morgan fingerprint density at radius 2 is 1.62 bits per heavy atom. The molecule has 0 radical (unpaired) electrons. The molecular formula is C21H24ClN3O. The van der Waals surface area contributed by atoms with Gasteiger partial charge in [0.15, 0.2) is 10.8 Å². The molecule has 1 heterocycles. The topological polar surface area (TPSA) is 54.9 Å². The summed E-state index contributed by atoms with van der Waals surface area (Å²) in [6, 6.07) is 7.64. The highest BCUT2D eigenvalue weighted by molar-refractivity contribution is 6.32. The SMILES string of the molecule is C[C@@H](NC(=O)c1nc2ccccc2nc1Cl)C12CC3CC(CC(C3)C1)C2. The van der Waals surface area contributed by atoms with Crippen LogP contribution in [0.2, 0.25) is 5.15 Å². The molecular weight excluding hydrogens is 346 g/mol. The molecule has 4 nitrogen and oxygen atoms in total. The van der Waals surface area contributed by atoms with E-state index < -0.39 is 0 Å². The Bertz CT molecular complexity index is 845. The first kappa shape index (κ1) is 16.5. The molecule has 136 valence electrons. The van der Waals surface area contributed by atoms with Gasteiger partial charge >= 0.3 is 0 Å². The van der Waals surface area contributed by atoms with Crippen molar-refractivity contribution in [3.63, 3.8) is 0 Å². The first-order valence-corrected chi connectivity index (χ1v) is 10.1. The number of hydrogen-bond acceptors (Lipinski definition) is 3. The van der Waals surface area contributed by atoms with Crippen LogP contribution in [0.4, 0.5) is 0 Å². The van der Waals surface area contributed by atoms with Crippen LogP contribution in [-0.4, -0.2) is 21.9 Å². The normalized spacial score (nSPS) is 33.4. The molecule has 4 fully saturated rings. The predicted octanol–water partition coefficient (Wildman–Crippen LogP) is 4.62. The van der Waals surface area contributed by atoms with E-state index in [-0.39, 0.29) is 28.2 Å². The Labute approximate surface area is 158 Å². The van der Waals surface area contributed by atoms with Gasteiger partial charge in [0.1, 0.15) is 0 Å². The van der Waals surface area contributed by atoms with Gasteiger partial charge < -0.3 is 5.32 Å². The van der Waals surface area contributed by atoms with Crippen molar-refractivity contribution in [1.29, 1.82) is 0 Å². The lowest BCUT2D eigenvalue weighted by Gasteiger charge is -2.59. The lowest BCUT2D eigenvalue weighted by atomic mass is 9.48. The lowest BCUT2D eigenvalue weighted by molar-refractivity contribution is -0.0688. The molecule has 0 unspecified atom stereocenters. The number of rotatable bonds is 3. The van der Waals surface area contributed by atoms with Crippen LogP contribution in [0, 0.1) is 23.2 Å². The Morgan fingerprint density at radius 3 is 2.19 bits per heavy atom. The molecule has 4 bridgehead atoms. The minimum atomic E-state index is -0.198. The summed E-state index contributed by atoms with van der Waals surface area (Å²) in [5.74, 6) is 2.40. The number of halogens is 1. The van der Waals surface area contributed by atoms with Gasteiger partial charge in [-0.1, -0.05) is 23.7 Å². The number of para-hydroxylation sites is 2. The van der Waals surface area contributed by atoms with Crippen molar-refractivity contribution >= 4 is 28.5 Å². The van der Waals surface area contributed by atoms with E-state index in [0.717, 1.165) is 17.8 Å². The number of hydrogen-bond donors (Lipinski definition) is 1. The van der Waals surface area contributed by atoms with Gasteiger partial charge in [0.25, 0.3) is 5.91 Å². The number of carbonyl (C=O) groups excluding carboxylic acids is 1. The van der Waals surface area contributed by atoms with Crippen molar-refractivity contribution in [2.75, 3.05) is 0 Å². The second kappa shape index (κ2) is 5.91. The molecule has 4 aliphatic carbocycles. The molecule has 0 saturated heterocycles. The number of amides is 1. The highest BCUT2D eigenvalue weighted by atomic mass is 35.5. The summed E-state index contributed by atoms with van der Waals surface area (Å²) in [6.45, 7) is 2.17. The highest BCUT2D eigenvalue weighted by Crippen LogP contribution is 2.61. The third kappa shape index (κ3) is 2.61. The van der Waals surface area contributed by atoms with Crippen molar-refractivity contribution in [1.82, 2.24) is 15.3 Å². The van der Waals surface area contributed by atoms with E-state index in [9.17, 15) is 4.79 Å². The van der Waals surface area contributed by atoms with Crippen LogP contribution in [0.15, 0.2) is 24.3 Å². The molecule has 4 saturated carbocycles. The molecule has 26 heavy (non-hydrogen) atoms. The van der Waals surface area contributed by atoms with Crippen LogP contribution in [0.3, 0.4) is 0 Å². The fourth-order valence-corrected chi connectivity index (χ4v) is 6.47. The average Bonchev–Trinajstić information content (AvgIpc) is 2.59. The highest BCUT2D eigenvalue weighted by Gasteiger charge is 2.53. The first-order valence-electron chi connectivity index (χ1n) is 9.75. The minimum Gasteiger partial charge on any atom is -0.348 e. The lowest BCUT2D eigenvalue weighted by Crippen LogP contribution is -2.55. The van der Waals surface area contributed by atoms with Gasteiger partial charge in [-0.3, -0.25) is 4.79 Å². The zero-order chi connectivity index (χ0) is 17.9. The van der Waals surface area contributed by atoms with Crippen molar-refractivity contribution in [2.45, 2.75) is 51.5 Å². The predicted molar refractivity (Wildman–Crippen MR) is 102 cm³/mol. The fourth-order valence-electron chi connectivity index (χ4n) is 6.25. The van der Waals surface area contributed by atoms with Crippen molar-refractivity contribution < 1.29 is 4.79 Å². The maximum atomic E-state index is 12.9. The van der Waals surface area contributed by atoms with E-state index in [0.29, 0.717) is 11.0 Å². The minimum absolute atomic E-state index is 0.146. The quantitative estimate of drug-likeness (QED) is 0.858. The van der Waals surface area contributed by atoms with E-state index in [2.05, 4.69) is 22.2 Å². The van der Waals surface area contributed by atoms with Crippen LogP contribution < -0.4 is 5.32 Å². The molecule has 6 rings (SSSR count). The number of nitrogens with zero attached hydrogens (tertiary/aromatic N) is 2. The van der Waals surface area contributed by atoms with Crippen LogP contribution >= 0.6 is 11.6 Å². The summed E-state index contributed by atoms with van der Waals surface area (Å²) < 4.78 is 0. The van der Waals surface area contributed by atoms with Crippen molar-refractivity contribution in [3.8, 4) is 0 Å². The maximum absolute atomic E-state index is 12.9. The fraction of sp³-hybridized carbons (Fsp3) is 0.571. The van der Waals surface area contributed by atoms with Crippen LogP contribution in [0.1, 0.15) is 55.9 Å². The second-order valence-electron chi connectivity index (χ2n) is 8.83. The van der Waals surface area contributed by atoms with Gasteiger partial charge in [0.2, 0.25) is 0 Å². The Balaban J connectivity index is 1.39. The molecule has 0 spiro atoms. The average molecular weight is 370 g/mol. The standard InChI is InChI=1S/C21H24ClN3O/c1-12(21-9-13-6-14(10-21)8-15(7-13)11-21)23-20(26)18-19(22)25-17-5-3-2-4-16(17)24-18/h2-5,12-15H,6-11H2,1H3,(H,23,26)/t12-,13?,14?,15?,21?/m1/s1. The van der Waals surface area contributed by atoms with Gasteiger partial charge in [-0.25, -0.2) is 9.97 Å². The summed E-state index contributed by atoms with van der Waals surface area (Å²) in [4.78, 5) is 21.7. The Morgan fingerprint density at radius 1 is 1.08 bits per heavy atom. The monoisotopic (exact) mass is 369 g/mol. The summed E-state index contributed by atoms with van der Waals surface area (Å²) in [7, 11) is 0. The first-order chi connectivity index (χ1) is 12.5. The van der Waals surface area contributed by atoms with Crippen molar-refractivity contribution in [2.24, 2.45) is 23.2 Å². The summed E-state index contributed by atoms with van der Waals surface area (Å²) >= 11 is 6.27. The maximum Gasteiger partial charge on any atom is 0.273 e. The number of aromatic nitrogens is 2. The molecule has 4 aliphatic rings. The van der Waals surface area contributed by atoms with Crippen LogP contribution in [-0.2, 0) is 0 Å². The van der Waals surface area contributed by atoms with Crippen LogP contribution in [0.5, 0.6) is 0 Å².